The van der Waals surface area contributed by atoms with Crippen molar-refractivity contribution in [1.82, 2.24) is 15.5 Å². The lowest BCUT2D eigenvalue weighted by Gasteiger charge is -2.52. The van der Waals surface area contributed by atoms with Crippen LogP contribution in [0.15, 0.2) is 45.8 Å². The molecule has 1 atom stereocenters. The van der Waals surface area contributed by atoms with Crippen molar-refractivity contribution in [3.05, 3.63) is 65.1 Å². The predicted molar refractivity (Wildman–Crippen MR) is 172 cm³/mol. The second-order valence-electron chi connectivity index (χ2n) is 14.6. The molecule has 3 fully saturated rings. The van der Waals surface area contributed by atoms with E-state index < -0.39 is 44.8 Å². The Labute approximate surface area is 274 Å². The molecular weight excluding hydrogens is 625 g/mol. The number of carbonyl (C=O) groups excluding carboxylic acids is 2. The van der Waals surface area contributed by atoms with Crippen LogP contribution in [0.2, 0.25) is 0 Å². The third kappa shape index (κ3) is 6.27. The minimum Gasteiger partial charge on any atom is -0.491 e. The Morgan fingerprint density at radius 2 is 1.77 bits per heavy atom. The maximum absolute atomic E-state index is 15.7. The first-order chi connectivity index (χ1) is 22.0. The van der Waals surface area contributed by atoms with E-state index in [1.807, 2.05) is 34.6 Å². The number of fused-ring (bicyclic) bond motifs is 4. The molecule has 0 unspecified atom stereocenters. The summed E-state index contributed by atoms with van der Waals surface area (Å²) in [6, 6.07) is 7.67. The van der Waals surface area contributed by atoms with E-state index in [1.54, 1.807) is 24.3 Å². The number of nitrogens with two attached hydrogens (primary N) is 1. The van der Waals surface area contributed by atoms with Crippen molar-refractivity contribution in [2.45, 2.75) is 113 Å². The second-order valence-corrected chi connectivity index (χ2v) is 16.6. The van der Waals surface area contributed by atoms with Gasteiger partial charge in [0.05, 0.1) is 40.6 Å². The third-order valence-corrected chi connectivity index (χ3v) is 11.5. The number of sulfone groups is 1. The number of benzene rings is 2. The van der Waals surface area contributed by atoms with Crippen LogP contribution in [0, 0.1) is 5.82 Å². The lowest BCUT2D eigenvalue weighted by Crippen LogP contribution is -2.58. The van der Waals surface area contributed by atoms with E-state index in [2.05, 4.69) is 10.5 Å². The molecule has 11 nitrogen and oxygen atoms in total. The van der Waals surface area contributed by atoms with Crippen molar-refractivity contribution in [1.29, 1.82) is 0 Å². The Kier molecular flexibility index (Phi) is 8.23. The molecule has 2 heterocycles. The van der Waals surface area contributed by atoms with Gasteiger partial charge >= 0.3 is 0 Å². The molecule has 0 spiro atoms. The molecule has 0 radical (unpaired) electrons. The number of amides is 2. The molecule has 3 aliphatic carbocycles. The summed E-state index contributed by atoms with van der Waals surface area (Å²) in [5.74, 6) is -1.04. The maximum Gasteiger partial charge on any atom is 0.254 e. The highest BCUT2D eigenvalue weighted by Gasteiger charge is 2.52. The average molecular weight is 668 g/mol. The summed E-state index contributed by atoms with van der Waals surface area (Å²) < 4.78 is 53.5. The number of halogens is 1. The number of ether oxygens (including phenoxy) is 1. The largest absolute Gasteiger partial charge is 0.491 e. The molecule has 3 N–H and O–H groups in total. The second kappa shape index (κ2) is 11.7. The molecule has 252 valence electrons. The van der Waals surface area contributed by atoms with E-state index in [-0.39, 0.29) is 39.6 Å². The van der Waals surface area contributed by atoms with Crippen molar-refractivity contribution in [3.63, 3.8) is 0 Å². The summed E-state index contributed by atoms with van der Waals surface area (Å²) in [7, 11) is -4.15. The number of hydrogen-bond acceptors (Lipinski definition) is 9. The molecule has 4 aliphatic rings. The summed E-state index contributed by atoms with van der Waals surface area (Å²) in [4.78, 5) is 32.8. The van der Waals surface area contributed by atoms with Crippen molar-refractivity contribution in [2.75, 3.05) is 10.7 Å². The van der Waals surface area contributed by atoms with Crippen molar-refractivity contribution < 1.29 is 31.7 Å². The summed E-state index contributed by atoms with van der Waals surface area (Å²) in [5, 5.41) is 7.41. The molecule has 1 aliphatic heterocycles. The van der Waals surface area contributed by atoms with Gasteiger partial charge in [-0.2, -0.15) is 4.98 Å². The van der Waals surface area contributed by atoms with Gasteiger partial charge in [0.15, 0.2) is 15.7 Å². The Morgan fingerprint density at radius 3 is 2.34 bits per heavy atom. The number of aromatic nitrogens is 2. The Balaban J connectivity index is 1.27. The Hall–Kier alpha value is -3.84. The minimum atomic E-state index is -4.15. The van der Waals surface area contributed by atoms with E-state index >= 15 is 4.39 Å². The van der Waals surface area contributed by atoms with Crippen LogP contribution in [0.4, 0.5) is 10.1 Å². The van der Waals surface area contributed by atoms with Gasteiger partial charge in [0, 0.05) is 16.4 Å². The van der Waals surface area contributed by atoms with Crippen LogP contribution < -0.4 is 20.7 Å². The van der Waals surface area contributed by atoms with Crippen LogP contribution in [0.3, 0.4) is 0 Å². The fourth-order valence-corrected chi connectivity index (χ4v) is 8.51. The molecule has 7 rings (SSSR count). The summed E-state index contributed by atoms with van der Waals surface area (Å²) in [6.07, 6.45) is 4.13. The molecule has 1 aromatic heterocycles. The van der Waals surface area contributed by atoms with Crippen LogP contribution in [-0.2, 0) is 32.0 Å². The molecular formula is C34H42FN5O6S. The zero-order valence-electron chi connectivity index (χ0n) is 27.4. The first-order valence-corrected chi connectivity index (χ1v) is 17.7. The summed E-state index contributed by atoms with van der Waals surface area (Å²) >= 11 is 0. The van der Waals surface area contributed by atoms with Gasteiger partial charge in [-0.25, -0.2) is 12.8 Å². The van der Waals surface area contributed by atoms with Gasteiger partial charge in [0.25, 0.3) is 5.91 Å². The summed E-state index contributed by atoms with van der Waals surface area (Å²) in [5.41, 5.74) is 5.26. The van der Waals surface area contributed by atoms with Crippen molar-refractivity contribution in [2.24, 2.45) is 5.73 Å². The molecule has 0 saturated heterocycles. The van der Waals surface area contributed by atoms with Gasteiger partial charge in [-0.05, 0) is 82.2 Å². The third-order valence-electron chi connectivity index (χ3n) is 9.70. The van der Waals surface area contributed by atoms with Gasteiger partial charge < -0.3 is 25.2 Å². The van der Waals surface area contributed by atoms with E-state index in [9.17, 15) is 18.0 Å². The predicted octanol–water partition coefficient (Wildman–Crippen LogP) is 4.72. The van der Waals surface area contributed by atoms with Crippen molar-refractivity contribution >= 4 is 27.3 Å². The highest BCUT2D eigenvalue weighted by molar-refractivity contribution is 7.91. The van der Waals surface area contributed by atoms with E-state index in [0.29, 0.717) is 42.3 Å². The summed E-state index contributed by atoms with van der Waals surface area (Å²) in [6.45, 7) is 9.83. The van der Waals surface area contributed by atoms with Crippen LogP contribution in [0.5, 0.6) is 5.75 Å². The van der Waals surface area contributed by atoms with Crippen LogP contribution in [-0.4, -0.2) is 53.8 Å². The average Bonchev–Trinajstić information content (AvgIpc) is 3.51. The number of hydrogen-bond donors (Lipinski definition) is 2. The van der Waals surface area contributed by atoms with Gasteiger partial charge in [-0.15, -0.1) is 0 Å². The lowest BCUT2D eigenvalue weighted by molar-refractivity contribution is -0.119. The highest BCUT2D eigenvalue weighted by atomic mass is 32.2. The maximum atomic E-state index is 15.7. The normalized spacial score (nSPS) is 25.4. The van der Waals surface area contributed by atoms with Gasteiger partial charge in [0.1, 0.15) is 11.6 Å². The van der Waals surface area contributed by atoms with E-state index in [1.165, 1.54) is 11.0 Å². The fourth-order valence-electron chi connectivity index (χ4n) is 6.95. The molecule has 2 bridgehead atoms. The van der Waals surface area contributed by atoms with E-state index in [4.69, 9.17) is 20.0 Å². The first kappa shape index (κ1) is 33.1. The number of nitrogens with one attached hydrogen (secondary N) is 1. The SMILES string of the molecule is CC(C)Oc1ccc(CN2C(=O)[C@@H](N)CS(=O)(=O)c3cc(F)c(C(=O)NC45CCC(c6noc(C(C)(C)C)n6)(CC4)CC5)cc32)cc1. The molecule has 2 aromatic carbocycles. The number of carbonyl (C=O) groups is 2. The van der Waals surface area contributed by atoms with Gasteiger partial charge in [-0.3, -0.25) is 9.59 Å². The van der Waals surface area contributed by atoms with Crippen LogP contribution in [0.1, 0.15) is 101 Å². The van der Waals surface area contributed by atoms with Crippen LogP contribution in [0.25, 0.3) is 0 Å². The molecule has 3 saturated carbocycles. The smallest absolute Gasteiger partial charge is 0.254 e. The molecule has 2 amide bonds. The number of nitrogens with zero attached hydrogens (tertiary/aromatic N) is 3. The number of rotatable bonds is 7. The zero-order chi connectivity index (χ0) is 33.9. The zero-order valence-corrected chi connectivity index (χ0v) is 28.2. The van der Waals surface area contributed by atoms with Gasteiger partial charge in [-0.1, -0.05) is 38.1 Å². The Morgan fingerprint density at radius 1 is 1.13 bits per heavy atom. The Bertz CT molecular complexity index is 1790. The highest BCUT2D eigenvalue weighted by Crippen LogP contribution is 2.53. The quantitative estimate of drug-likeness (QED) is 0.364. The standard InChI is InChI=1S/C34H42FN5O6S/c1-20(2)45-22-8-6-21(7-9-22)18-40-26-16-23(24(35)17-27(26)47(43,44)19-25(36)29(40)42)28(41)38-34-13-10-33(11-14-34,12-15-34)30-37-31(46-39-30)32(3,4)5/h6-9,16-17,20,25H,10-15,18-19,36H2,1-5H3,(H,38,41)/t25-,33?,34?/m0/s1. The van der Waals surface area contributed by atoms with Crippen LogP contribution >= 0.6 is 0 Å². The first-order valence-electron chi connectivity index (χ1n) is 16.1. The fraction of sp³-hybridized carbons (Fsp3) is 0.529. The molecule has 47 heavy (non-hydrogen) atoms. The topological polar surface area (TPSA) is 158 Å². The minimum absolute atomic E-state index is 0.0287. The van der Waals surface area contributed by atoms with Gasteiger partial charge in [0.2, 0.25) is 11.8 Å². The monoisotopic (exact) mass is 667 g/mol. The van der Waals surface area contributed by atoms with E-state index in [0.717, 1.165) is 25.3 Å². The molecule has 13 heteroatoms. The van der Waals surface area contributed by atoms with Crippen molar-refractivity contribution in [3.8, 4) is 5.75 Å². The number of anilines is 1. The lowest BCUT2D eigenvalue weighted by atomic mass is 9.57. The molecule has 3 aromatic rings.